The lowest BCUT2D eigenvalue weighted by atomic mass is 9.63. The summed E-state index contributed by atoms with van der Waals surface area (Å²) in [6.07, 6.45) is 12.7. The van der Waals surface area contributed by atoms with Crippen LogP contribution in [0.5, 0.6) is 0 Å². The number of carboxylic acid groups (broad SMARTS) is 3. The number of carbonyl (C=O) groups is 3. The van der Waals surface area contributed by atoms with E-state index in [4.69, 9.17) is 15.3 Å². The molecule has 6 aromatic rings. The lowest BCUT2D eigenvalue weighted by Crippen LogP contribution is -2.34. The van der Waals surface area contributed by atoms with Gasteiger partial charge >= 0.3 is 17.9 Å². The lowest BCUT2D eigenvalue weighted by Gasteiger charge is -2.43. The predicted octanol–water partition coefficient (Wildman–Crippen LogP) is 16.0. The fraction of sp³-hybridized carbons (Fsp3) is 0.478. The van der Waals surface area contributed by atoms with Gasteiger partial charge in [0, 0.05) is 42.4 Å². The number of hydrogen-bond acceptors (Lipinski definition) is 10. The largest absolute Gasteiger partial charge is 0.478 e. The lowest BCUT2D eigenvalue weighted by molar-refractivity contribution is 0.0679. The van der Waals surface area contributed by atoms with Gasteiger partial charge in [-0.25, -0.2) is 38.7 Å². The maximum atomic E-state index is 14.3. The van der Waals surface area contributed by atoms with Crippen molar-refractivity contribution >= 4 is 52.3 Å². The molecule has 3 aliphatic rings. The summed E-state index contributed by atoms with van der Waals surface area (Å²) >= 11 is 0. The minimum atomic E-state index is -1.25. The molecule has 0 saturated carbocycles. The van der Waals surface area contributed by atoms with Crippen LogP contribution in [0.2, 0.25) is 0 Å². The van der Waals surface area contributed by atoms with Crippen molar-refractivity contribution in [2.75, 3.05) is 34.3 Å². The van der Waals surface area contributed by atoms with Gasteiger partial charge in [0.15, 0.2) is 23.0 Å². The van der Waals surface area contributed by atoms with Crippen LogP contribution in [0.4, 0.5) is 38.8 Å². The van der Waals surface area contributed by atoms with E-state index in [1.165, 1.54) is 82.5 Å². The van der Waals surface area contributed by atoms with Gasteiger partial charge in [-0.2, -0.15) is 0 Å². The number of fused-ring (bicyclic) bond motifs is 3. The molecule has 0 atom stereocenters. The zero-order valence-electron chi connectivity index (χ0n) is 51.0. The molecular formula is C67H86FN7O6. The first kappa shape index (κ1) is 61.4. The van der Waals surface area contributed by atoms with Gasteiger partial charge in [-0.15, -0.1) is 0 Å². The van der Waals surface area contributed by atoms with Crippen LogP contribution in [0.1, 0.15) is 218 Å². The number of aromatic nitrogens is 4. The summed E-state index contributed by atoms with van der Waals surface area (Å²) in [6.45, 7) is 40.2. The molecule has 81 heavy (non-hydrogen) atoms. The molecule has 3 N–H and O–H groups in total. The first-order chi connectivity index (χ1) is 37.7. The van der Waals surface area contributed by atoms with Gasteiger partial charge in [0.1, 0.15) is 5.82 Å². The van der Waals surface area contributed by atoms with E-state index in [2.05, 4.69) is 188 Å². The summed E-state index contributed by atoms with van der Waals surface area (Å²) in [4.78, 5) is 56.1. The Balaban J connectivity index is 0.000000175. The Hall–Kier alpha value is -7.22. The molecule has 2 aromatic heterocycles. The van der Waals surface area contributed by atoms with Crippen LogP contribution in [0.25, 0.3) is 0 Å². The van der Waals surface area contributed by atoms with Gasteiger partial charge < -0.3 is 30.0 Å². The zero-order chi connectivity index (χ0) is 59.9. The Labute approximate surface area is 480 Å². The monoisotopic (exact) mass is 1100 g/mol. The molecule has 0 amide bonds. The van der Waals surface area contributed by atoms with Crippen molar-refractivity contribution < 1.29 is 34.1 Å². The number of carboxylic acids is 3. The average Bonchev–Trinajstić information content (AvgIpc) is 3.51. The van der Waals surface area contributed by atoms with E-state index in [9.17, 15) is 18.8 Å². The Morgan fingerprint density at radius 3 is 1.14 bits per heavy atom. The van der Waals surface area contributed by atoms with Crippen LogP contribution in [0, 0.1) is 19.7 Å². The summed E-state index contributed by atoms with van der Waals surface area (Å²) in [5.74, 6) is -2.76. The quantitative estimate of drug-likeness (QED) is 0.106. The van der Waals surface area contributed by atoms with Gasteiger partial charge in [0.05, 0.1) is 30.4 Å². The molecule has 14 heteroatoms. The molecule has 0 spiro atoms. The minimum Gasteiger partial charge on any atom is -0.478 e. The van der Waals surface area contributed by atoms with E-state index in [1.54, 1.807) is 12.3 Å². The number of nitrogens with zero attached hydrogens (tertiary/aromatic N) is 7. The molecule has 13 nitrogen and oxygen atoms in total. The second kappa shape index (κ2) is 23.0. The first-order valence-electron chi connectivity index (χ1n) is 28.6. The van der Waals surface area contributed by atoms with E-state index in [1.807, 2.05) is 6.92 Å². The molecule has 0 fully saturated rings. The summed E-state index contributed by atoms with van der Waals surface area (Å²) in [6, 6.07) is 20.2. The molecular weight excluding hydrogens is 1020 g/mol. The van der Waals surface area contributed by atoms with Crippen molar-refractivity contribution in [3.63, 3.8) is 0 Å². The topological polar surface area (TPSA) is 173 Å². The SMILES string of the molecule is CCN(c1ccc(C(=O)O)c(F)c1)c1cc2c(cc1C)C(C)(C)CCC2(C)C.CCN(c1ccc2c(c1)C(C)(C)CCC2(C)C)c1cnc(C(=O)O)cn1.CCN(c1cnc(C(=O)O)cn1)c1cc2c(cc1C)C(C)(C)CCC2(C)C. The Morgan fingerprint density at radius 1 is 0.432 bits per heavy atom. The highest BCUT2D eigenvalue weighted by Gasteiger charge is 2.40. The fourth-order valence-corrected chi connectivity index (χ4v) is 12.2. The van der Waals surface area contributed by atoms with E-state index in [0.29, 0.717) is 23.9 Å². The third-order valence-electron chi connectivity index (χ3n) is 17.8. The Kier molecular flexibility index (Phi) is 17.4. The van der Waals surface area contributed by atoms with Gasteiger partial charge in [-0.1, -0.05) is 101 Å². The Morgan fingerprint density at radius 2 is 0.778 bits per heavy atom. The molecule has 9 rings (SSSR count). The van der Waals surface area contributed by atoms with Crippen molar-refractivity contribution in [2.24, 2.45) is 0 Å². The van der Waals surface area contributed by atoms with E-state index in [0.717, 1.165) is 61.4 Å². The Bertz CT molecular complexity index is 3330. The minimum absolute atomic E-state index is 0.0418. The molecule has 0 radical (unpaired) electrons. The molecule has 0 saturated heterocycles. The predicted molar refractivity (Wildman–Crippen MR) is 324 cm³/mol. The summed E-state index contributed by atoms with van der Waals surface area (Å²) < 4.78 is 14.3. The average molecular weight is 1100 g/mol. The van der Waals surface area contributed by atoms with Crippen LogP contribution in [-0.2, 0) is 32.5 Å². The molecule has 0 unspecified atom stereocenters. The molecule has 2 heterocycles. The third kappa shape index (κ3) is 12.6. The fourth-order valence-electron chi connectivity index (χ4n) is 12.2. The maximum Gasteiger partial charge on any atom is 0.356 e. The maximum absolute atomic E-state index is 14.3. The standard InChI is InChI=1S/C24H30FNO2.C22H29N3O2.C21H27N3O2/c1-7-26(16-8-9-17(22(27)28)20(25)13-16)21-14-19-18(12-15(21)2)23(3,4)10-11-24(19,5)6;1-7-25(19-13-23-17(12-24-19)20(26)27)18-11-16-15(10-14(18)2)21(3,4)8-9-22(16,5)6;1-6-24(18-13-22-17(12-23-18)19(25)26)14-7-8-15-16(11-14)21(4,5)10-9-20(15,2)3/h8-9,12-14H,7,10-11H2,1-6H3,(H,27,28);10-13H,7-9H2,1-6H3,(H,26,27);7-8,11-13H,6,9-10H2,1-5H3,(H,25,26). The number of hydrogen-bond donors (Lipinski definition) is 3. The van der Waals surface area contributed by atoms with Crippen LogP contribution >= 0.6 is 0 Å². The third-order valence-corrected chi connectivity index (χ3v) is 17.8. The number of benzene rings is 4. The molecule has 0 bridgehead atoms. The second-order valence-electron chi connectivity index (χ2n) is 26.2. The summed E-state index contributed by atoms with van der Waals surface area (Å²) in [7, 11) is 0. The van der Waals surface area contributed by atoms with Crippen LogP contribution < -0.4 is 14.7 Å². The summed E-state index contributed by atoms with van der Waals surface area (Å²) in [5.41, 5.74) is 15.1. The van der Waals surface area contributed by atoms with Gasteiger partial charge in [-0.05, 0) is 193 Å². The van der Waals surface area contributed by atoms with Crippen molar-refractivity contribution in [1.29, 1.82) is 0 Å². The molecule has 3 aliphatic carbocycles. The number of rotatable bonds is 12. The number of anilines is 6. The van der Waals surface area contributed by atoms with Gasteiger partial charge in [-0.3, -0.25) is 0 Å². The first-order valence-corrected chi connectivity index (χ1v) is 28.6. The normalized spacial score (nSPS) is 17.3. The van der Waals surface area contributed by atoms with Gasteiger partial charge in [0.25, 0.3) is 0 Å². The highest BCUT2D eigenvalue weighted by Crippen LogP contribution is 2.51. The number of aryl methyl sites for hydroxylation is 2. The molecule has 0 aliphatic heterocycles. The van der Waals surface area contributed by atoms with Crippen molar-refractivity contribution in [3.05, 3.63) is 153 Å². The summed E-state index contributed by atoms with van der Waals surface area (Å²) in [5, 5.41) is 27.2. The van der Waals surface area contributed by atoms with E-state index >= 15 is 0 Å². The van der Waals surface area contributed by atoms with Crippen molar-refractivity contribution in [3.8, 4) is 0 Å². The van der Waals surface area contributed by atoms with Crippen LogP contribution in [-0.4, -0.2) is 72.8 Å². The highest BCUT2D eigenvalue weighted by atomic mass is 19.1. The smallest absolute Gasteiger partial charge is 0.356 e. The number of halogens is 1. The van der Waals surface area contributed by atoms with E-state index in [-0.39, 0.29) is 49.4 Å². The van der Waals surface area contributed by atoms with Crippen LogP contribution in [0.15, 0.2) is 85.5 Å². The molecule has 432 valence electrons. The van der Waals surface area contributed by atoms with Crippen LogP contribution in [0.3, 0.4) is 0 Å². The van der Waals surface area contributed by atoms with Gasteiger partial charge in [0.2, 0.25) is 0 Å². The zero-order valence-corrected chi connectivity index (χ0v) is 51.0. The highest BCUT2D eigenvalue weighted by molar-refractivity contribution is 5.89. The van der Waals surface area contributed by atoms with E-state index < -0.39 is 23.7 Å². The number of aromatic carboxylic acids is 3. The second-order valence-corrected chi connectivity index (χ2v) is 26.2. The van der Waals surface area contributed by atoms with Crippen molar-refractivity contribution in [2.45, 2.75) is 189 Å². The molecule has 4 aromatic carbocycles. The van der Waals surface area contributed by atoms with Crippen molar-refractivity contribution in [1.82, 2.24) is 19.9 Å².